The molecule has 148 valence electrons. The summed E-state index contributed by atoms with van der Waals surface area (Å²) in [7, 11) is 0. The molecule has 1 saturated heterocycles. The lowest BCUT2D eigenvalue weighted by atomic mass is 9.73. The Bertz CT molecular complexity index is 768. The van der Waals surface area contributed by atoms with E-state index in [0.717, 1.165) is 11.1 Å². The molecule has 28 heavy (non-hydrogen) atoms. The fraction of sp³-hybridized carbons (Fsp3) is 0.391. The summed E-state index contributed by atoms with van der Waals surface area (Å²) < 4.78 is 0. The molecular weight excluding hydrogens is 354 g/mol. The molecule has 0 radical (unpaired) electrons. The molecule has 0 saturated carbocycles. The molecule has 1 heterocycles. The Labute approximate surface area is 165 Å². The maximum absolute atomic E-state index is 13.6. The number of hydrogen-bond acceptors (Lipinski definition) is 3. The number of carbonyl (C=O) groups is 2. The van der Waals surface area contributed by atoms with Crippen molar-refractivity contribution < 1.29 is 19.8 Å². The van der Waals surface area contributed by atoms with E-state index in [1.807, 2.05) is 67.6 Å². The third-order valence-corrected chi connectivity index (χ3v) is 5.73. The second-order valence-corrected chi connectivity index (χ2v) is 7.53. The smallest absolute Gasteiger partial charge is 0.314 e. The molecule has 1 aliphatic rings. The summed E-state index contributed by atoms with van der Waals surface area (Å²) >= 11 is 0. The maximum atomic E-state index is 13.6. The molecule has 2 atom stereocenters. The van der Waals surface area contributed by atoms with E-state index >= 15 is 0 Å². The van der Waals surface area contributed by atoms with Crippen molar-refractivity contribution in [3.8, 4) is 0 Å². The number of carboxylic acids is 1. The number of likely N-dealkylation sites (tertiary alicyclic amines) is 1. The number of nitrogens with zero attached hydrogens (tertiary/aromatic N) is 1. The number of hydrogen-bond donors (Lipinski definition) is 2. The Balaban J connectivity index is 1.96. The summed E-state index contributed by atoms with van der Waals surface area (Å²) in [5.74, 6) is -1.65. The van der Waals surface area contributed by atoms with Crippen LogP contribution in [0.5, 0.6) is 0 Å². The van der Waals surface area contributed by atoms with Gasteiger partial charge in [-0.3, -0.25) is 9.59 Å². The third-order valence-electron chi connectivity index (χ3n) is 5.73. The molecule has 5 nitrogen and oxygen atoms in total. The van der Waals surface area contributed by atoms with Gasteiger partial charge < -0.3 is 15.1 Å². The number of amides is 1. The molecule has 5 heteroatoms. The minimum absolute atomic E-state index is 0.0341. The average molecular weight is 381 g/mol. The van der Waals surface area contributed by atoms with Crippen LogP contribution in [0, 0.1) is 5.41 Å². The number of carbonyl (C=O) groups excluding carboxylic acids is 1. The fourth-order valence-corrected chi connectivity index (χ4v) is 4.23. The first kappa shape index (κ1) is 20.1. The summed E-state index contributed by atoms with van der Waals surface area (Å²) in [4.78, 5) is 27.3. The van der Waals surface area contributed by atoms with E-state index in [2.05, 4.69) is 0 Å². The zero-order valence-corrected chi connectivity index (χ0v) is 16.1. The van der Waals surface area contributed by atoms with Crippen molar-refractivity contribution in [2.75, 3.05) is 13.1 Å². The summed E-state index contributed by atoms with van der Waals surface area (Å²) in [5, 5.41) is 20.3. The van der Waals surface area contributed by atoms with E-state index in [4.69, 9.17) is 0 Å². The van der Waals surface area contributed by atoms with E-state index < -0.39 is 23.4 Å². The Kier molecular flexibility index (Phi) is 6.15. The van der Waals surface area contributed by atoms with Gasteiger partial charge in [-0.1, -0.05) is 74.0 Å². The van der Waals surface area contributed by atoms with Crippen molar-refractivity contribution in [3.63, 3.8) is 0 Å². The molecule has 1 amide bonds. The molecular formula is C23H27NO4. The number of aliphatic hydroxyl groups is 1. The number of carboxylic acid groups (broad SMARTS) is 1. The summed E-state index contributed by atoms with van der Waals surface area (Å²) in [6.45, 7) is 2.29. The van der Waals surface area contributed by atoms with Crippen LogP contribution in [-0.4, -0.2) is 46.2 Å². The van der Waals surface area contributed by atoms with Crippen LogP contribution in [0.25, 0.3) is 0 Å². The number of piperidine rings is 1. The molecule has 0 spiro atoms. The van der Waals surface area contributed by atoms with E-state index in [-0.39, 0.29) is 18.9 Å². The highest BCUT2D eigenvalue weighted by Gasteiger charge is 2.50. The van der Waals surface area contributed by atoms with Crippen LogP contribution < -0.4 is 0 Å². The predicted molar refractivity (Wildman–Crippen MR) is 107 cm³/mol. The largest absolute Gasteiger partial charge is 0.481 e. The van der Waals surface area contributed by atoms with Crippen LogP contribution in [-0.2, 0) is 9.59 Å². The summed E-state index contributed by atoms with van der Waals surface area (Å²) in [6.07, 6.45) is 0.302. The predicted octanol–water partition coefficient (Wildman–Crippen LogP) is 3.28. The Hall–Kier alpha value is -2.66. The molecule has 3 rings (SSSR count). The quantitative estimate of drug-likeness (QED) is 0.805. The molecule has 2 aromatic rings. The Morgan fingerprint density at radius 1 is 1.07 bits per heavy atom. The van der Waals surface area contributed by atoms with E-state index in [1.54, 1.807) is 4.90 Å². The van der Waals surface area contributed by atoms with Gasteiger partial charge >= 0.3 is 5.97 Å². The highest BCUT2D eigenvalue weighted by Crippen LogP contribution is 2.37. The van der Waals surface area contributed by atoms with Crippen LogP contribution >= 0.6 is 0 Å². The lowest BCUT2D eigenvalue weighted by Gasteiger charge is -2.44. The molecule has 2 aromatic carbocycles. The molecule has 0 unspecified atom stereocenters. The van der Waals surface area contributed by atoms with Gasteiger partial charge in [-0.05, 0) is 24.0 Å². The van der Waals surface area contributed by atoms with Crippen molar-refractivity contribution in [3.05, 3.63) is 71.8 Å². The first-order chi connectivity index (χ1) is 13.5. The highest BCUT2D eigenvalue weighted by molar-refractivity contribution is 5.88. The Morgan fingerprint density at radius 2 is 1.61 bits per heavy atom. The number of benzene rings is 2. The first-order valence-electron chi connectivity index (χ1n) is 9.79. The molecule has 2 N–H and O–H groups in total. The van der Waals surface area contributed by atoms with Crippen molar-refractivity contribution in [2.24, 2.45) is 5.41 Å². The normalized spacial score (nSPS) is 22.2. The van der Waals surface area contributed by atoms with Gasteiger partial charge in [-0.25, -0.2) is 0 Å². The van der Waals surface area contributed by atoms with Gasteiger partial charge in [0.1, 0.15) is 5.41 Å². The zero-order chi connectivity index (χ0) is 20.1. The van der Waals surface area contributed by atoms with Gasteiger partial charge in [0.25, 0.3) is 0 Å². The second-order valence-electron chi connectivity index (χ2n) is 7.53. The van der Waals surface area contributed by atoms with Gasteiger partial charge in [-0.2, -0.15) is 0 Å². The number of aliphatic hydroxyl groups excluding tert-OH is 1. The minimum Gasteiger partial charge on any atom is -0.481 e. The van der Waals surface area contributed by atoms with Gasteiger partial charge in [0, 0.05) is 13.1 Å². The second kappa shape index (κ2) is 8.57. The van der Waals surface area contributed by atoms with Crippen LogP contribution in [0.3, 0.4) is 0 Å². The molecule has 0 bridgehead atoms. The van der Waals surface area contributed by atoms with Gasteiger partial charge in [0.2, 0.25) is 5.91 Å². The van der Waals surface area contributed by atoms with Crippen molar-refractivity contribution in [1.82, 2.24) is 4.90 Å². The maximum Gasteiger partial charge on any atom is 0.314 e. The average Bonchev–Trinajstić information content (AvgIpc) is 2.71. The molecule has 1 fully saturated rings. The van der Waals surface area contributed by atoms with Crippen LogP contribution in [0.2, 0.25) is 0 Å². The van der Waals surface area contributed by atoms with Crippen LogP contribution in [0.4, 0.5) is 0 Å². The SMILES string of the molecule is CCC[C@@]1(C(=O)O)CN(C(=O)C(c2ccccc2)c2ccccc2)CC[C@@H]1O. The van der Waals surface area contributed by atoms with E-state index in [0.29, 0.717) is 19.4 Å². The van der Waals surface area contributed by atoms with Gasteiger partial charge in [0.05, 0.1) is 12.0 Å². The zero-order valence-electron chi connectivity index (χ0n) is 16.1. The lowest BCUT2D eigenvalue weighted by molar-refractivity contribution is -0.167. The van der Waals surface area contributed by atoms with E-state index in [1.165, 1.54) is 0 Å². The highest BCUT2D eigenvalue weighted by atomic mass is 16.4. The lowest BCUT2D eigenvalue weighted by Crippen LogP contribution is -2.57. The van der Waals surface area contributed by atoms with Gasteiger partial charge in [0.15, 0.2) is 0 Å². The fourth-order valence-electron chi connectivity index (χ4n) is 4.23. The minimum atomic E-state index is -1.30. The number of rotatable bonds is 6. The molecule has 0 aliphatic carbocycles. The van der Waals surface area contributed by atoms with Gasteiger partial charge in [-0.15, -0.1) is 0 Å². The van der Waals surface area contributed by atoms with Crippen molar-refractivity contribution in [2.45, 2.75) is 38.2 Å². The molecule has 1 aliphatic heterocycles. The summed E-state index contributed by atoms with van der Waals surface area (Å²) in [5.41, 5.74) is 0.447. The Morgan fingerprint density at radius 3 is 2.07 bits per heavy atom. The van der Waals surface area contributed by atoms with Crippen LogP contribution in [0.1, 0.15) is 43.2 Å². The van der Waals surface area contributed by atoms with E-state index in [9.17, 15) is 19.8 Å². The van der Waals surface area contributed by atoms with Crippen molar-refractivity contribution >= 4 is 11.9 Å². The third kappa shape index (κ3) is 3.80. The van der Waals surface area contributed by atoms with Crippen molar-refractivity contribution in [1.29, 1.82) is 0 Å². The first-order valence-corrected chi connectivity index (χ1v) is 9.79. The summed E-state index contributed by atoms with van der Waals surface area (Å²) in [6, 6.07) is 19.1. The standard InChI is InChI=1S/C23H27NO4/c1-2-14-23(22(27)28)16-24(15-13-19(23)25)21(26)20(17-9-5-3-6-10-17)18-11-7-4-8-12-18/h3-12,19-20,25H,2,13-16H2,1H3,(H,27,28)/t19-,23+/m0/s1. The molecule has 0 aromatic heterocycles. The van der Waals surface area contributed by atoms with Crippen LogP contribution in [0.15, 0.2) is 60.7 Å². The topological polar surface area (TPSA) is 77.8 Å². The number of aliphatic carboxylic acids is 1. The monoisotopic (exact) mass is 381 g/mol.